The van der Waals surface area contributed by atoms with Crippen molar-refractivity contribution in [3.8, 4) is 11.6 Å². The normalized spacial score (nSPS) is 10.1. The van der Waals surface area contributed by atoms with E-state index >= 15 is 0 Å². The van der Waals surface area contributed by atoms with Gasteiger partial charge in [0.05, 0.1) is 10.2 Å². The number of benzene rings is 1. The van der Waals surface area contributed by atoms with Crippen molar-refractivity contribution in [3.05, 3.63) is 40.8 Å². The molecule has 82 valence electrons. The molecule has 0 aliphatic rings. The highest BCUT2D eigenvalue weighted by molar-refractivity contribution is 9.10. The van der Waals surface area contributed by atoms with Gasteiger partial charge in [-0.3, -0.25) is 0 Å². The number of nitrogens with two attached hydrogens (primary N) is 1. The number of ether oxygens (including phenoxy) is 1. The van der Waals surface area contributed by atoms with Gasteiger partial charge in [0.15, 0.2) is 5.75 Å². The van der Waals surface area contributed by atoms with Crippen molar-refractivity contribution in [2.75, 3.05) is 5.73 Å². The zero-order valence-corrected chi connectivity index (χ0v) is 10.2. The molecule has 0 saturated heterocycles. The van der Waals surface area contributed by atoms with Crippen LogP contribution in [0.3, 0.4) is 0 Å². The summed E-state index contributed by atoms with van der Waals surface area (Å²) in [5, 5.41) is 0. The number of aromatic nitrogens is 2. The average Bonchev–Trinajstić information content (AvgIpc) is 2.25. The molecule has 0 bridgehead atoms. The van der Waals surface area contributed by atoms with Crippen LogP contribution in [0.2, 0.25) is 0 Å². The molecule has 0 radical (unpaired) electrons. The summed E-state index contributed by atoms with van der Waals surface area (Å²) in [6.45, 7) is 1.97. The van der Waals surface area contributed by atoms with E-state index in [-0.39, 0.29) is 0 Å². The quantitative estimate of drug-likeness (QED) is 0.859. The van der Waals surface area contributed by atoms with Crippen molar-refractivity contribution >= 4 is 21.6 Å². The Kier molecular flexibility index (Phi) is 3.05. The van der Waals surface area contributed by atoms with Crippen LogP contribution in [0.25, 0.3) is 0 Å². The number of rotatable bonds is 2. The van der Waals surface area contributed by atoms with Gasteiger partial charge < -0.3 is 10.5 Å². The van der Waals surface area contributed by atoms with Crippen LogP contribution in [0, 0.1) is 6.92 Å². The van der Waals surface area contributed by atoms with Gasteiger partial charge in [-0.05, 0) is 40.5 Å². The van der Waals surface area contributed by atoms with E-state index in [1.807, 2.05) is 25.1 Å². The smallest absolute Gasteiger partial charge is 0.236 e. The Hall–Kier alpha value is -1.62. The maximum absolute atomic E-state index is 5.84. The molecular weight excluding hydrogens is 270 g/mol. The van der Waals surface area contributed by atoms with Gasteiger partial charge in [0, 0.05) is 6.20 Å². The first-order valence-electron chi connectivity index (χ1n) is 4.66. The summed E-state index contributed by atoms with van der Waals surface area (Å²) < 4.78 is 6.26. The maximum Gasteiger partial charge on any atom is 0.236 e. The number of hydrogen-bond acceptors (Lipinski definition) is 4. The molecule has 0 aliphatic carbocycles. The van der Waals surface area contributed by atoms with E-state index in [0.717, 1.165) is 5.56 Å². The lowest BCUT2D eigenvalue weighted by atomic mass is 10.2. The molecule has 0 atom stereocenters. The van der Waals surface area contributed by atoms with Gasteiger partial charge in [-0.1, -0.05) is 6.07 Å². The minimum atomic E-state index is 0.450. The Labute approximate surface area is 102 Å². The predicted molar refractivity (Wildman–Crippen MR) is 65.4 cm³/mol. The van der Waals surface area contributed by atoms with Crippen LogP contribution in [-0.2, 0) is 0 Å². The minimum absolute atomic E-state index is 0.450. The second kappa shape index (κ2) is 4.49. The molecule has 0 aliphatic heterocycles. The zero-order chi connectivity index (χ0) is 11.5. The van der Waals surface area contributed by atoms with Crippen molar-refractivity contribution < 1.29 is 4.74 Å². The van der Waals surface area contributed by atoms with Gasteiger partial charge in [0.2, 0.25) is 5.88 Å². The van der Waals surface area contributed by atoms with Crippen LogP contribution in [0.1, 0.15) is 5.56 Å². The molecule has 5 heteroatoms. The molecule has 2 aromatic rings. The number of hydrogen-bond donors (Lipinski definition) is 1. The maximum atomic E-state index is 5.84. The van der Waals surface area contributed by atoms with E-state index in [9.17, 15) is 0 Å². The molecule has 0 amide bonds. The fraction of sp³-hybridized carbons (Fsp3) is 0.0909. The van der Waals surface area contributed by atoms with E-state index in [2.05, 4.69) is 25.9 Å². The highest BCUT2D eigenvalue weighted by atomic mass is 79.9. The van der Waals surface area contributed by atoms with Crippen molar-refractivity contribution in [1.29, 1.82) is 0 Å². The van der Waals surface area contributed by atoms with Crippen molar-refractivity contribution in [3.63, 3.8) is 0 Å². The summed E-state index contributed by atoms with van der Waals surface area (Å²) in [5.74, 6) is 1.04. The van der Waals surface area contributed by atoms with E-state index in [1.54, 1.807) is 6.20 Å². The van der Waals surface area contributed by atoms with Crippen LogP contribution >= 0.6 is 15.9 Å². The fourth-order valence-corrected chi connectivity index (χ4v) is 1.54. The SMILES string of the molecule is Cc1ccc(Oc2ncncc2Br)c(N)c1. The first-order chi connectivity index (χ1) is 7.66. The Balaban J connectivity index is 2.31. The van der Waals surface area contributed by atoms with E-state index in [1.165, 1.54) is 6.33 Å². The molecule has 1 aromatic heterocycles. The van der Waals surface area contributed by atoms with Gasteiger partial charge in [-0.15, -0.1) is 0 Å². The number of aryl methyl sites for hydroxylation is 1. The number of nitrogens with zero attached hydrogens (tertiary/aromatic N) is 2. The van der Waals surface area contributed by atoms with Crippen LogP contribution in [0.4, 0.5) is 5.69 Å². The summed E-state index contributed by atoms with van der Waals surface area (Å²) in [6, 6.07) is 5.60. The predicted octanol–water partition coefficient (Wildman–Crippen LogP) is 2.92. The Morgan fingerprint density at radius 1 is 1.38 bits per heavy atom. The summed E-state index contributed by atoms with van der Waals surface area (Å²) in [6.07, 6.45) is 3.04. The van der Waals surface area contributed by atoms with Gasteiger partial charge in [0.1, 0.15) is 6.33 Å². The summed E-state index contributed by atoms with van der Waals surface area (Å²) in [4.78, 5) is 7.86. The number of nitrogen functional groups attached to an aromatic ring is 1. The van der Waals surface area contributed by atoms with Crippen molar-refractivity contribution in [2.24, 2.45) is 0 Å². The van der Waals surface area contributed by atoms with Crippen LogP contribution < -0.4 is 10.5 Å². The largest absolute Gasteiger partial charge is 0.436 e. The average molecular weight is 280 g/mol. The zero-order valence-electron chi connectivity index (χ0n) is 8.64. The lowest BCUT2D eigenvalue weighted by Gasteiger charge is -2.08. The fourth-order valence-electron chi connectivity index (χ4n) is 1.24. The van der Waals surface area contributed by atoms with Crippen LogP contribution in [0.15, 0.2) is 35.2 Å². The first-order valence-corrected chi connectivity index (χ1v) is 5.45. The monoisotopic (exact) mass is 279 g/mol. The summed E-state index contributed by atoms with van der Waals surface area (Å²) in [7, 11) is 0. The van der Waals surface area contributed by atoms with Crippen molar-refractivity contribution in [1.82, 2.24) is 9.97 Å². The van der Waals surface area contributed by atoms with Gasteiger partial charge in [0.25, 0.3) is 0 Å². The highest BCUT2D eigenvalue weighted by Crippen LogP contribution is 2.30. The molecule has 0 saturated carbocycles. The first kappa shape index (κ1) is 10.9. The molecule has 0 unspecified atom stereocenters. The van der Waals surface area contributed by atoms with E-state index < -0.39 is 0 Å². The molecule has 1 aromatic carbocycles. The molecule has 2 N–H and O–H groups in total. The summed E-state index contributed by atoms with van der Waals surface area (Å²) >= 11 is 3.30. The lowest BCUT2D eigenvalue weighted by Crippen LogP contribution is -1.95. The second-order valence-corrected chi connectivity index (χ2v) is 4.17. The van der Waals surface area contributed by atoms with Crippen LogP contribution in [0.5, 0.6) is 11.6 Å². The van der Waals surface area contributed by atoms with Crippen molar-refractivity contribution in [2.45, 2.75) is 6.92 Å². The number of halogens is 1. The van der Waals surface area contributed by atoms with Crippen LogP contribution in [-0.4, -0.2) is 9.97 Å². The van der Waals surface area contributed by atoms with Gasteiger partial charge in [-0.2, -0.15) is 0 Å². The Morgan fingerprint density at radius 3 is 2.88 bits per heavy atom. The molecule has 4 nitrogen and oxygen atoms in total. The third kappa shape index (κ3) is 2.30. The van der Waals surface area contributed by atoms with Gasteiger partial charge >= 0.3 is 0 Å². The molecule has 1 heterocycles. The third-order valence-electron chi connectivity index (χ3n) is 2.01. The Morgan fingerprint density at radius 2 is 2.19 bits per heavy atom. The molecular formula is C11H10BrN3O. The Bertz CT molecular complexity index is 516. The number of anilines is 1. The van der Waals surface area contributed by atoms with E-state index in [0.29, 0.717) is 21.8 Å². The molecule has 2 rings (SSSR count). The van der Waals surface area contributed by atoms with Gasteiger partial charge in [-0.25, -0.2) is 9.97 Å². The second-order valence-electron chi connectivity index (χ2n) is 3.32. The van der Waals surface area contributed by atoms with E-state index in [4.69, 9.17) is 10.5 Å². The third-order valence-corrected chi connectivity index (χ3v) is 2.55. The topological polar surface area (TPSA) is 61.0 Å². The highest BCUT2D eigenvalue weighted by Gasteiger charge is 2.06. The standard InChI is InChI=1S/C11H10BrN3O/c1-7-2-3-10(9(13)4-7)16-11-8(12)5-14-6-15-11/h2-6H,13H2,1H3. The lowest BCUT2D eigenvalue weighted by molar-refractivity contribution is 0.460. The molecule has 0 fully saturated rings. The molecule has 0 spiro atoms. The molecule has 16 heavy (non-hydrogen) atoms. The summed E-state index contributed by atoms with van der Waals surface area (Å²) in [5.41, 5.74) is 7.51. The minimum Gasteiger partial charge on any atom is -0.436 e.